The summed E-state index contributed by atoms with van der Waals surface area (Å²) in [6.45, 7) is 7.19. The first kappa shape index (κ1) is 12.5. The molecule has 1 aromatic heterocycles. The van der Waals surface area contributed by atoms with Crippen LogP contribution in [0.1, 0.15) is 36.9 Å². The summed E-state index contributed by atoms with van der Waals surface area (Å²) in [5.74, 6) is 1.65. The standard InChI is InChI=1S/C16H22N2O/c1-3-19-13-4-5-15-14(10-13)16(11(2)18-15)12-6-8-17-9-7-12/h4-5,10,12,17-18H,3,6-9H2,1-2H3. The molecule has 0 bridgehead atoms. The highest BCUT2D eigenvalue weighted by atomic mass is 16.5. The average Bonchev–Trinajstić information content (AvgIpc) is 2.75. The van der Waals surface area contributed by atoms with Gasteiger partial charge in [-0.1, -0.05) is 0 Å². The molecule has 19 heavy (non-hydrogen) atoms. The van der Waals surface area contributed by atoms with Crippen molar-refractivity contribution in [3.05, 3.63) is 29.5 Å². The molecule has 0 saturated carbocycles. The third-order valence-electron chi connectivity index (χ3n) is 4.07. The van der Waals surface area contributed by atoms with Crippen LogP contribution in [0.3, 0.4) is 0 Å². The van der Waals surface area contributed by atoms with Gasteiger partial charge in [-0.15, -0.1) is 0 Å². The minimum atomic E-state index is 0.673. The summed E-state index contributed by atoms with van der Waals surface area (Å²) in [4.78, 5) is 3.52. The van der Waals surface area contributed by atoms with Crippen molar-refractivity contribution < 1.29 is 4.74 Å². The zero-order valence-corrected chi connectivity index (χ0v) is 11.8. The summed E-state index contributed by atoms with van der Waals surface area (Å²) in [7, 11) is 0. The number of rotatable bonds is 3. The van der Waals surface area contributed by atoms with Crippen molar-refractivity contribution in [1.29, 1.82) is 0 Å². The van der Waals surface area contributed by atoms with E-state index in [1.807, 2.05) is 13.0 Å². The van der Waals surface area contributed by atoms with Crippen LogP contribution >= 0.6 is 0 Å². The lowest BCUT2D eigenvalue weighted by Gasteiger charge is -2.23. The Hall–Kier alpha value is -1.48. The van der Waals surface area contributed by atoms with Gasteiger partial charge in [-0.3, -0.25) is 0 Å². The fraction of sp³-hybridized carbons (Fsp3) is 0.500. The Bertz CT molecular complexity index is 567. The van der Waals surface area contributed by atoms with Crippen LogP contribution in [0.15, 0.2) is 18.2 Å². The first-order chi connectivity index (χ1) is 9.29. The molecule has 0 atom stereocenters. The Labute approximate surface area is 114 Å². The molecule has 1 aromatic carbocycles. The Balaban J connectivity index is 2.05. The van der Waals surface area contributed by atoms with Gasteiger partial charge in [0, 0.05) is 16.6 Å². The Morgan fingerprint density at radius 1 is 1.26 bits per heavy atom. The SMILES string of the molecule is CCOc1ccc2[nH]c(C)c(C3CCNCC3)c2c1. The second kappa shape index (κ2) is 5.25. The number of aromatic nitrogens is 1. The van der Waals surface area contributed by atoms with E-state index < -0.39 is 0 Å². The fourth-order valence-electron chi connectivity index (χ4n) is 3.22. The normalized spacial score (nSPS) is 16.9. The molecule has 2 heterocycles. The monoisotopic (exact) mass is 258 g/mol. The van der Waals surface area contributed by atoms with E-state index in [1.165, 1.54) is 35.0 Å². The molecule has 1 fully saturated rings. The molecule has 3 heteroatoms. The van der Waals surface area contributed by atoms with E-state index in [0.717, 1.165) is 25.4 Å². The van der Waals surface area contributed by atoms with Gasteiger partial charge in [0.25, 0.3) is 0 Å². The molecule has 1 aliphatic rings. The second-order valence-electron chi connectivity index (χ2n) is 5.33. The summed E-state index contributed by atoms with van der Waals surface area (Å²) >= 11 is 0. The summed E-state index contributed by atoms with van der Waals surface area (Å²) in [6, 6.07) is 6.38. The van der Waals surface area contributed by atoms with Crippen LogP contribution in [0.2, 0.25) is 0 Å². The topological polar surface area (TPSA) is 37.0 Å². The highest BCUT2D eigenvalue weighted by Crippen LogP contribution is 2.35. The zero-order valence-electron chi connectivity index (χ0n) is 11.8. The summed E-state index contributed by atoms with van der Waals surface area (Å²) in [5, 5.41) is 4.78. The number of benzene rings is 1. The van der Waals surface area contributed by atoms with Gasteiger partial charge in [-0.2, -0.15) is 0 Å². The summed E-state index contributed by atoms with van der Waals surface area (Å²) < 4.78 is 5.64. The maximum atomic E-state index is 5.64. The molecule has 0 aliphatic carbocycles. The van der Waals surface area contributed by atoms with Gasteiger partial charge < -0.3 is 15.0 Å². The van der Waals surface area contributed by atoms with Gasteiger partial charge in [-0.05, 0) is 69.5 Å². The van der Waals surface area contributed by atoms with Crippen LogP contribution < -0.4 is 10.1 Å². The molecule has 0 radical (unpaired) electrons. The smallest absolute Gasteiger partial charge is 0.120 e. The molecular formula is C16H22N2O. The second-order valence-corrected chi connectivity index (χ2v) is 5.33. The molecular weight excluding hydrogens is 236 g/mol. The number of fused-ring (bicyclic) bond motifs is 1. The van der Waals surface area contributed by atoms with Crippen LogP contribution in [-0.4, -0.2) is 24.7 Å². The lowest BCUT2D eigenvalue weighted by molar-refractivity contribution is 0.340. The minimum Gasteiger partial charge on any atom is -0.494 e. The molecule has 0 amide bonds. The minimum absolute atomic E-state index is 0.673. The zero-order chi connectivity index (χ0) is 13.2. The van der Waals surface area contributed by atoms with E-state index in [4.69, 9.17) is 4.74 Å². The number of nitrogens with one attached hydrogen (secondary N) is 2. The highest BCUT2D eigenvalue weighted by Gasteiger charge is 2.21. The molecule has 1 aliphatic heterocycles. The number of H-pyrrole nitrogens is 1. The molecule has 1 saturated heterocycles. The van der Waals surface area contributed by atoms with Crippen LogP contribution in [0.4, 0.5) is 0 Å². The summed E-state index contributed by atoms with van der Waals surface area (Å²) in [5.41, 5.74) is 4.04. The molecule has 3 rings (SSSR count). The number of aromatic amines is 1. The van der Waals surface area contributed by atoms with E-state index in [9.17, 15) is 0 Å². The van der Waals surface area contributed by atoms with Crippen molar-refractivity contribution in [1.82, 2.24) is 10.3 Å². The van der Waals surface area contributed by atoms with Gasteiger partial charge in [0.2, 0.25) is 0 Å². The van der Waals surface area contributed by atoms with E-state index in [0.29, 0.717) is 5.92 Å². The molecule has 2 aromatic rings. The van der Waals surface area contributed by atoms with Crippen LogP contribution in [-0.2, 0) is 0 Å². The van der Waals surface area contributed by atoms with Crippen molar-refractivity contribution in [3.63, 3.8) is 0 Å². The number of hydrogen-bond donors (Lipinski definition) is 2. The fourth-order valence-corrected chi connectivity index (χ4v) is 3.22. The van der Waals surface area contributed by atoms with E-state index in [1.54, 1.807) is 0 Å². The van der Waals surface area contributed by atoms with Crippen LogP contribution in [0.25, 0.3) is 10.9 Å². The van der Waals surface area contributed by atoms with Crippen molar-refractivity contribution in [3.8, 4) is 5.75 Å². The Morgan fingerprint density at radius 3 is 2.79 bits per heavy atom. The van der Waals surface area contributed by atoms with E-state index in [2.05, 4.69) is 29.4 Å². The number of aryl methyl sites for hydroxylation is 1. The average molecular weight is 258 g/mol. The lowest BCUT2D eigenvalue weighted by atomic mass is 9.88. The van der Waals surface area contributed by atoms with Crippen molar-refractivity contribution in [2.75, 3.05) is 19.7 Å². The van der Waals surface area contributed by atoms with E-state index >= 15 is 0 Å². The largest absolute Gasteiger partial charge is 0.494 e. The van der Waals surface area contributed by atoms with Gasteiger partial charge in [0.1, 0.15) is 5.75 Å². The van der Waals surface area contributed by atoms with Gasteiger partial charge in [0.15, 0.2) is 0 Å². The van der Waals surface area contributed by atoms with Gasteiger partial charge >= 0.3 is 0 Å². The van der Waals surface area contributed by atoms with Gasteiger partial charge in [0.05, 0.1) is 6.61 Å². The number of ether oxygens (including phenoxy) is 1. The highest BCUT2D eigenvalue weighted by molar-refractivity contribution is 5.86. The maximum absolute atomic E-state index is 5.64. The third kappa shape index (κ3) is 2.35. The Morgan fingerprint density at radius 2 is 2.05 bits per heavy atom. The van der Waals surface area contributed by atoms with Crippen LogP contribution in [0, 0.1) is 6.92 Å². The van der Waals surface area contributed by atoms with Gasteiger partial charge in [-0.25, -0.2) is 0 Å². The first-order valence-corrected chi connectivity index (χ1v) is 7.25. The van der Waals surface area contributed by atoms with Crippen molar-refractivity contribution >= 4 is 10.9 Å². The molecule has 0 unspecified atom stereocenters. The predicted octanol–water partition coefficient (Wildman–Crippen LogP) is 3.34. The molecule has 0 spiro atoms. The predicted molar refractivity (Wildman–Crippen MR) is 79.0 cm³/mol. The third-order valence-corrected chi connectivity index (χ3v) is 4.07. The maximum Gasteiger partial charge on any atom is 0.120 e. The quantitative estimate of drug-likeness (QED) is 0.886. The van der Waals surface area contributed by atoms with Crippen LogP contribution in [0.5, 0.6) is 5.75 Å². The molecule has 102 valence electrons. The summed E-state index contributed by atoms with van der Waals surface area (Å²) in [6.07, 6.45) is 2.46. The first-order valence-electron chi connectivity index (χ1n) is 7.25. The number of piperidine rings is 1. The Kier molecular flexibility index (Phi) is 3.47. The molecule has 3 nitrogen and oxygen atoms in total. The van der Waals surface area contributed by atoms with Crippen molar-refractivity contribution in [2.24, 2.45) is 0 Å². The van der Waals surface area contributed by atoms with E-state index in [-0.39, 0.29) is 0 Å². The number of hydrogen-bond acceptors (Lipinski definition) is 2. The molecule has 2 N–H and O–H groups in total. The van der Waals surface area contributed by atoms with Crippen molar-refractivity contribution in [2.45, 2.75) is 32.6 Å². The lowest BCUT2D eigenvalue weighted by Crippen LogP contribution is -2.26.